The zero-order valence-corrected chi connectivity index (χ0v) is 11.4. The second kappa shape index (κ2) is 5.51. The van der Waals surface area contributed by atoms with Crippen LogP contribution in [0, 0.1) is 5.92 Å². The molecule has 18 heavy (non-hydrogen) atoms. The van der Waals surface area contributed by atoms with E-state index in [0.29, 0.717) is 4.47 Å². The highest BCUT2D eigenvalue weighted by atomic mass is 79.9. The lowest BCUT2D eigenvalue weighted by Gasteiger charge is -2.11. The Hall–Kier alpha value is -0.710. The van der Waals surface area contributed by atoms with Crippen molar-refractivity contribution in [3.05, 3.63) is 28.2 Å². The Labute approximate surface area is 113 Å². The number of nitrogens with one attached hydrogen (secondary N) is 1. The minimum Gasteiger partial charge on any atom is -0.384 e. The molecule has 0 saturated heterocycles. The normalized spacial score (nSPS) is 15.8. The van der Waals surface area contributed by atoms with Gasteiger partial charge in [0.15, 0.2) is 0 Å². The monoisotopic (exact) mass is 321 g/mol. The zero-order valence-electron chi connectivity index (χ0n) is 9.86. The Bertz CT molecular complexity index is 413. The fraction of sp³-hybridized carbons (Fsp3) is 0.538. The quantitative estimate of drug-likeness (QED) is 0.746. The molecule has 100 valence electrons. The molecule has 1 fully saturated rings. The van der Waals surface area contributed by atoms with Crippen LogP contribution < -0.4 is 5.32 Å². The number of halogens is 4. The van der Waals surface area contributed by atoms with E-state index in [2.05, 4.69) is 21.2 Å². The molecule has 1 aliphatic carbocycles. The minimum atomic E-state index is -4.28. The molecule has 0 atom stereocenters. The van der Waals surface area contributed by atoms with E-state index < -0.39 is 11.7 Å². The van der Waals surface area contributed by atoms with Crippen LogP contribution in [0.15, 0.2) is 22.7 Å². The first-order valence-electron chi connectivity index (χ1n) is 6.07. The number of hydrogen-bond donors (Lipinski definition) is 1. The maximum absolute atomic E-state index is 12.5. The van der Waals surface area contributed by atoms with Crippen LogP contribution in [0.4, 0.5) is 18.9 Å². The summed E-state index contributed by atoms with van der Waals surface area (Å²) in [5, 5.41) is 3.16. The van der Waals surface area contributed by atoms with E-state index in [1.165, 1.54) is 25.3 Å². The van der Waals surface area contributed by atoms with Crippen molar-refractivity contribution in [2.75, 3.05) is 11.9 Å². The molecule has 1 aromatic carbocycles. The molecule has 0 unspecified atom stereocenters. The van der Waals surface area contributed by atoms with Gasteiger partial charge in [-0.3, -0.25) is 0 Å². The van der Waals surface area contributed by atoms with Gasteiger partial charge in [0.2, 0.25) is 0 Å². The smallest absolute Gasteiger partial charge is 0.384 e. The molecule has 0 bridgehead atoms. The highest BCUT2D eigenvalue weighted by Gasteiger charge is 2.30. The summed E-state index contributed by atoms with van der Waals surface area (Å²) in [5.41, 5.74) is 0.0942. The van der Waals surface area contributed by atoms with Gasteiger partial charge in [-0.15, -0.1) is 0 Å². The Balaban J connectivity index is 1.88. The van der Waals surface area contributed by atoms with Crippen LogP contribution >= 0.6 is 15.9 Å². The van der Waals surface area contributed by atoms with Gasteiger partial charge in [0.25, 0.3) is 0 Å². The molecule has 1 aliphatic rings. The standard InChI is InChI=1S/C13H15BrF3N/c14-11-8-10(13(15,16)17)5-6-12(11)18-7-1-2-9-3-4-9/h5-6,8-9,18H,1-4,7H2. The van der Waals surface area contributed by atoms with Gasteiger partial charge in [-0.05, 0) is 52.9 Å². The van der Waals surface area contributed by atoms with E-state index in [9.17, 15) is 13.2 Å². The summed E-state index contributed by atoms with van der Waals surface area (Å²) in [5.74, 6) is 0.892. The van der Waals surface area contributed by atoms with Crippen LogP contribution in [-0.4, -0.2) is 6.54 Å². The predicted molar refractivity (Wildman–Crippen MR) is 69.6 cm³/mol. The molecule has 0 radical (unpaired) electrons. The first kappa shape index (κ1) is 13.7. The molecule has 5 heteroatoms. The maximum atomic E-state index is 12.5. The molecule has 1 nitrogen and oxygen atoms in total. The number of rotatable bonds is 5. The molecule has 0 aliphatic heterocycles. The van der Waals surface area contributed by atoms with Gasteiger partial charge in [0.1, 0.15) is 0 Å². The highest BCUT2D eigenvalue weighted by molar-refractivity contribution is 9.10. The molecular weight excluding hydrogens is 307 g/mol. The van der Waals surface area contributed by atoms with Crippen LogP contribution in [0.1, 0.15) is 31.2 Å². The first-order valence-corrected chi connectivity index (χ1v) is 6.87. The summed E-state index contributed by atoms with van der Waals surface area (Å²) in [6.07, 6.45) is 0.671. The molecule has 1 N–H and O–H groups in total. The summed E-state index contributed by atoms with van der Waals surface area (Å²) >= 11 is 3.17. The van der Waals surface area contributed by atoms with Crippen molar-refractivity contribution in [1.82, 2.24) is 0 Å². The Morgan fingerprint density at radius 3 is 2.56 bits per heavy atom. The number of alkyl halides is 3. The molecule has 0 aromatic heterocycles. The van der Waals surface area contributed by atoms with Gasteiger partial charge in [0.05, 0.1) is 5.56 Å². The fourth-order valence-corrected chi connectivity index (χ4v) is 2.37. The third-order valence-electron chi connectivity index (χ3n) is 3.10. The second-order valence-electron chi connectivity index (χ2n) is 4.70. The van der Waals surface area contributed by atoms with Gasteiger partial charge in [-0.25, -0.2) is 0 Å². The molecule has 1 saturated carbocycles. The Kier molecular flexibility index (Phi) is 4.20. The van der Waals surface area contributed by atoms with Gasteiger partial charge < -0.3 is 5.32 Å². The predicted octanol–water partition coefficient (Wildman–Crippen LogP) is 5.07. The van der Waals surface area contributed by atoms with E-state index in [1.54, 1.807) is 0 Å². The topological polar surface area (TPSA) is 12.0 Å². The molecular formula is C13H15BrF3N. The van der Waals surface area contributed by atoms with E-state index in [-0.39, 0.29) is 0 Å². The van der Waals surface area contributed by atoms with Gasteiger partial charge in [-0.1, -0.05) is 12.8 Å². The lowest BCUT2D eigenvalue weighted by atomic mass is 10.2. The maximum Gasteiger partial charge on any atom is 0.416 e. The van der Waals surface area contributed by atoms with E-state index in [1.807, 2.05) is 0 Å². The summed E-state index contributed by atoms with van der Waals surface area (Å²) < 4.78 is 37.8. The molecule has 1 aromatic rings. The molecule has 0 heterocycles. The summed E-state index contributed by atoms with van der Waals surface area (Å²) in [7, 11) is 0. The first-order chi connectivity index (χ1) is 8.47. The largest absolute Gasteiger partial charge is 0.416 e. The van der Waals surface area contributed by atoms with Crippen molar-refractivity contribution in [2.45, 2.75) is 31.9 Å². The van der Waals surface area contributed by atoms with Crippen molar-refractivity contribution in [2.24, 2.45) is 5.92 Å². The summed E-state index contributed by atoms with van der Waals surface area (Å²) in [6.45, 7) is 0.806. The van der Waals surface area contributed by atoms with Crippen molar-refractivity contribution in [3.63, 3.8) is 0 Å². The Morgan fingerprint density at radius 2 is 2.00 bits per heavy atom. The van der Waals surface area contributed by atoms with Gasteiger partial charge in [-0.2, -0.15) is 13.2 Å². The zero-order chi connectivity index (χ0) is 13.2. The van der Waals surface area contributed by atoms with Crippen LogP contribution in [-0.2, 0) is 6.18 Å². The van der Waals surface area contributed by atoms with Gasteiger partial charge >= 0.3 is 6.18 Å². The van der Waals surface area contributed by atoms with Crippen molar-refractivity contribution in [3.8, 4) is 0 Å². The third kappa shape index (κ3) is 3.90. The van der Waals surface area contributed by atoms with E-state index in [4.69, 9.17) is 0 Å². The third-order valence-corrected chi connectivity index (χ3v) is 3.75. The second-order valence-corrected chi connectivity index (χ2v) is 5.56. The van der Waals surface area contributed by atoms with Crippen molar-refractivity contribution < 1.29 is 13.2 Å². The lowest BCUT2D eigenvalue weighted by molar-refractivity contribution is -0.137. The van der Waals surface area contributed by atoms with E-state index >= 15 is 0 Å². The number of hydrogen-bond acceptors (Lipinski definition) is 1. The Morgan fingerprint density at radius 1 is 1.28 bits per heavy atom. The minimum absolute atomic E-state index is 0.462. The number of benzene rings is 1. The van der Waals surface area contributed by atoms with E-state index in [0.717, 1.165) is 36.7 Å². The van der Waals surface area contributed by atoms with Gasteiger partial charge in [0, 0.05) is 16.7 Å². The van der Waals surface area contributed by atoms with Crippen LogP contribution in [0.2, 0.25) is 0 Å². The van der Waals surface area contributed by atoms with Crippen molar-refractivity contribution >= 4 is 21.6 Å². The SMILES string of the molecule is FC(F)(F)c1ccc(NCCCC2CC2)c(Br)c1. The van der Waals surface area contributed by atoms with Crippen LogP contribution in [0.3, 0.4) is 0 Å². The summed E-state index contributed by atoms with van der Waals surface area (Å²) in [4.78, 5) is 0. The highest BCUT2D eigenvalue weighted by Crippen LogP contribution is 2.35. The molecule has 0 amide bonds. The molecule has 0 spiro atoms. The van der Waals surface area contributed by atoms with Crippen LogP contribution in [0.5, 0.6) is 0 Å². The number of anilines is 1. The molecule has 2 rings (SSSR count). The van der Waals surface area contributed by atoms with Crippen molar-refractivity contribution in [1.29, 1.82) is 0 Å². The summed E-state index contributed by atoms with van der Waals surface area (Å²) in [6, 6.07) is 3.70. The lowest BCUT2D eigenvalue weighted by Crippen LogP contribution is -2.07. The van der Waals surface area contributed by atoms with Crippen LogP contribution in [0.25, 0.3) is 0 Å². The average Bonchev–Trinajstić information content (AvgIpc) is 3.08. The average molecular weight is 322 g/mol. The fourth-order valence-electron chi connectivity index (χ4n) is 1.86.